The van der Waals surface area contributed by atoms with Crippen molar-refractivity contribution in [1.29, 1.82) is 0 Å². The van der Waals surface area contributed by atoms with Crippen molar-refractivity contribution in [3.8, 4) is 5.69 Å². The molecule has 2 rings (SSSR count). The molecule has 4 heteroatoms. The molecule has 15 heavy (non-hydrogen) atoms. The molecule has 0 aliphatic heterocycles. The quantitative estimate of drug-likeness (QED) is 0.820. The molecule has 1 heterocycles. The van der Waals surface area contributed by atoms with Gasteiger partial charge in [-0.05, 0) is 18.2 Å². The van der Waals surface area contributed by atoms with Gasteiger partial charge in [0, 0.05) is 6.20 Å². The average Bonchev–Trinajstić information content (AvgIpc) is 2.67. The molecule has 76 valence electrons. The van der Waals surface area contributed by atoms with Gasteiger partial charge in [-0.25, -0.2) is 4.68 Å². The van der Waals surface area contributed by atoms with E-state index in [-0.39, 0.29) is 6.42 Å². The van der Waals surface area contributed by atoms with Crippen LogP contribution in [-0.2, 0) is 11.2 Å². The predicted octanol–water partition coefficient (Wildman–Crippen LogP) is 1.50. The summed E-state index contributed by atoms with van der Waals surface area (Å²) in [6.07, 6.45) is 1.72. The van der Waals surface area contributed by atoms with Gasteiger partial charge in [0.1, 0.15) is 0 Å². The Kier molecular flexibility index (Phi) is 2.49. The molecule has 0 saturated carbocycles. The largest absolute Gasteiger partial charge is 0.481 e. The Morgan fingerprint density at radius 2 is 2.00 bits per heavy atom. The van der Waals surface area contributed by atoms with Crippen LogP contribution in [0.15, 0.2) is 42.6 Å². The molecule has 0 amide bonds. The number of carbonyl (C=O) groups is 1. The normalized spacial score (nSPS) is 10.1. The summed E-state index contributed by atoms with van der Waals surface area (Å²) in [6, 6.07) is 11.3. The SMILES string of the molecule is O=C(O)Cc1ccn(-c2ccccc2)n1. The Hall–Kier alpha value is -2.10. The maximum atomic E-state index is 10.5. The highest BCUT2D eigenvalue weighted by molar-refractivity contribution is 5.69. The van der Waals surface area contributed by atoms with Crippen LogP contribution >= 0.6 is 0 Å². The Labute approximate surface area is 86.8 Å². The van der Waals surface area contributed by atoms with Crippen LogP contribution in [0.4, 0.5) is 0 Å². The van der Waals surface area contributed by atoms with Gasteiger partial charge in [0.25, 0.3) is 0 Å². The summed E-state index contributed by atoms with van der Waals surface area (Å²) in [7, 11) is 0. The number of aliphatic carboxylic acids is 1. The molecule has 0 fully saturated rings. The van der Waals surface area contributed by atoms with E-state index in [1.807, 2.05) is 30.3 Å². The van der Waals surface area contributed by atoms with Crippen molar-refractivity contribution in [2.45, 2.75) is 6.42 Å². The highest BCUT2D eigenvalue weighted by Crippen LogP contribution is 2.06. The first-order valence-electron chi connectivity index (χ1n) is 4.57. The predicted molar refractivity (Wildman–Crippen MR) is 54.9 cm³/mol. The Bertz CT molecular complexity index is 462. The number of hydrogen-bond donors (Lipinski definition) is 1. The van der Waals surface area contributed by atoms with Crippen molar-refractivity contribution >= 4 is 5.97 Å². The van der Waals surface area contributed by atoms with E-state index >= 15 is 0 Å². The zero-order valence-electron chi connectivity index (χ0n) is 8.00. The van der Waals surface area contributed by atoms with Crippen LogP contribution in [0.25, 0.3) is 5.69 Å². The van der Waals surface area contributed by atoms with Crippen LogP contribution in [0.3, 0.4) is 0 Å². The lowest BCUT2D eigenvalue weighted by Gasteiger charge is -1.99. The van der Waals surface area contributed by atoms with E-state index in [0.717, 1.165) is 5.69 Å². The van der Waals surface area contributed by atoms with Crippen LogP contribution in [-0.4, -0.2) is 20.9 Å². The highest BCUT2D eigenvalue weighted by Gasteiger charge is 2.04. The number of carboxylic acids is 1. The number of para-hydroxylation sites is 1. The molecule has 0 atom stereocenters. The molecule has 2 aromatic rings. The van der Waals surface area contributed by atoms with Gasteiger partial charge in [-0.2, -0.15) is 5.10 Å². The molecule has 0 bridgehead atoms. The molecule has 1 aromatic carbocycles. The fourth-order valence-corrected chi connectivity index (χ4v) is 1.34. The lowest BCUT2D eigenvalue weighted by Crippen LogP contribution is -2.02. The van der Waals surface area contributed by atoms with E-state index < -0.39 is 5.97 Å². The average molecular weight is 202 g/mol. The van der Waals surface area contributed by atoms with E-state index in [4.69, 9.17) is 5.11 Å². The minimum absolute atomic E-state index is 0.0418. The van der Waals surface area contributed by atoms with Crippen LogP contribution in [0.1, 0.15) is 5.69 Å². The lowest BCUT2D eigenvalue weighted by molar-refractivity contribution is -0.136. The standard InChI is InChI=1S/C11H10N2O2/c14-11(15)8-9-6-7-13(12-9)10-4-2-1-3-5-10/h1-7H,8H2,(H,14,15). The van der Waals surface area contributed by atoms with Crippen LogP contribution < -0.4 is 0 Å². The Balaban J connectivity index is 2.24. The molecule has 0 aliphatic carbocycles. The summed E-state index contributed by atoms with van der Waals surface area (Å²) in [5, 5.41) is 12.8. The van der Waals surface area contributed by atoms with Crippen molar-refractivity contribution in [3.05, 3.63) is 48.3 Å². The summed E-state index contributed by atoms with van der Waals surface area (Å²) in [6.45, 7) is 0. The first-order chi connectivity index (χ1) is 7.25. The number of rotatable bonds is 3. The van der Waals surface area contributed by atoms with Crippen LogP contribution in [0.2, 0.25) is 0 Å². The highest BCUT2D eigenvalue weighted by atomic mass is 16.4. The number of carboxylic acid groups (broad SMARTS) is 1. The minimum Gasteiger partial charge on any atom is -0.481 e. The number of nitrogens with zero attached hydrogens (tertiary/aromatic N) is 2. The maximum absolute atomic E-state index is 10.5. The van der Waals surface area contributed by atoms with Gasteiger partial charge in [-0.3, -0.25) is 4.79 Å². The van der Waals surface area contributed by atoms with Crippen molar-refractivity contribution in [2.24, 2.45) is 0 Å². The zero-order chi connectivity index (χ0) is 10.7. The summed E-state index contributed by atoms with van der Waals surface area (Å²) in [5.41, 5.74) is 1.49. The third kappa shape index (κ3) is 2.22. The van der Waals surface area contributed by atoms with Crippen LogP contribution in [0.5, 0.6) is 0 Å². The molecule has 0 saturated heterocycles. The van der Waals surface area contributed by atoms with Crippen LogP contribution in [0, 0.1) is 0 Å². The molecule has 0 unspecified atom stereocenters. The first-order valence-corrected chi connectivity index (χ1v) is 4.57. The summed E-state index contributed by atoms with van der Waals surface area (Å²) in [4.78, 5) is 10.5. The van der Waals surface area contributed by atoms with Gasteiger partial charge in [-0.1, -0.05) is 18.2 Å². The third-order valence-electron chi connectivity index (χ3n) is 2.00. The monoisotopic (exact) mass is 202 g/mol. The van der Waals surface area contributed by atoms with Gasteiger partial charge < -0.3 is 5.11 Å². The van der Waals surface area contributed by atoms with Gasteiger partial charge in [0.2, 0.25) is 0 Å². The zero-order valence-corrected chi connectivity index (χ0v) is 8.00. The van der Waals surface area contributed by atoms with Gasteiger partial charge in [0.05, 0.1) is 17.8 Å². The summed E-state index contributed by atoms with van der Waals surface area (Å²) in [5.74, 6) is -0.867. The first kappa shape index (κ1) is 9.45. The van der Waals surface area contributed by atoms with E-state index in [0.29, 0.717) is 5.69 Å². The molecule has 1 aromatic heterocycles. The Morgan fingerprint density at radius 1 is 1.27 bits per heavy atom. The molecule has 0 radical (unpaired) electrons. The Morgan fingerprint density at radius 3 is 2.67 bits per heavy atom. The van der Waals surface area contributed by atoms with Gasteiger partial charge in [-0.15, -0.1) is 0 Å². The number of benzene rings is 1. The second kappa shape index (κ2) is 3.96. The molecule has 4 nitrogen and oxygen atoms in total. The van der Waals surface area contributed by atoms with E-state index in [9.17, 15) is 4.79 Å². The minimum atomic E-state index is -0.867. The van der Waals surface area contributed by atoms with Crippen molar-refractivity contribution in [1.82, 2.24) is 9.78 Å². The molecular formula is C11H10N2O2. The van der Waals surface area contributed by atoms with E-state index in [2.05, 4.69) is 5.10 Å². The topological polar surface area (TPSA) is 55.1 Å². The summed E-state index contributed by atoms with van der Waals surface area (Å²) >= 11 is 0. The second-order valence-corrected chi connectivity index (χ2v) is 3.16. The van der Waals surface area contributed by atoms with Gasteiger partial charge in [0.15, 0.2) is 0 Å². The van der Waals surface area contributed by atoms with Gasteiger partial charge >= 0.3 is 5.97 Å². The molecule has 1 N–H and O–H groups in total. The fourth-order valence-electron chi connectivity index (χ4n) is 1.34. The lowest BCUT2D eigenvalue weighted by atomic mass is 10.3. The smallest absolute Gasteiger partial charge is 0.309 e. The van der Waals surface area contributed by atoms with E-state index in [1.54, 1.807) is 16.9 Å². The maximum Gasteiger partial charge on any atom is 0.309 e. The van der Waals surface area contributed by atoms with E-state index in [1.165, 1.54) is 0 Å². The summed E-state index contributed by atoms with van der Waals surface area (Å²) < 4.78 is 1.66. The number of hydrogen-bond acceptors (Lipinski definition) is 2. The van der Waals surface area contributed by atoms with Crippen molar-refractivity contribution in [3.63, 3.8) is 0 Å². The second-order valence-electron chi connectivity index (χ2n) is 3.16. The molecular weight excluding hydrogens is 192 g/mol. The van der Waals surface area contributed by atoms with Crippen molar-refractivity contribution < 1.29 is 9.90 Å². The number of aromatic nitrogens is 2. The van der Waals surface area contributed by atoms with Crippen molar-refractivity contribution in [2.75, 3.05) is 0 Å². The fraction of sp³-hybridized carbons (Fsp3) is 0.0909. The third-order valence-corrected chi connectivity index (χ3v) is 2.00. The molecule has 0 aliphatic rings. The molecule has 0 spiro atoms.